The fraction of sp³-hybridized carbons (Fsp3) is 0.500. The third-order valence-electron chi connectivity index (χ3n) is 7.48. The topological polar surface area (TPSA) is 64.3 Å². The molecule has 174 valence electrons. The van der Waals surface area contributed by atoms with E-state index in [4.69, 9.17) is 0 Å². The monoisotopic (exact) mass is 465 g/mol. The number of thiophene rings is 1. The molecule has 3 aromatic rings. The van der Waals surface area contributed by atoms with Gasteiger partial charge in [0, 0.05) is 25.6 Å². The lowest BCUT2D eigenvalue weighted by Crippen LogP contribution is -2.42. The predicted octanol–water partition coefficient (Wildman–Crippen LogP) is 4.01. The van der Waals surface area contributed by atoms with Crippen molar-refractivity contribution >= 4 is 27.5 Å². The molecule has 6 nitrogen and oxygen atoms in total. The molecular weight excluding hydrogens is 434 g/mol. The molecule has 1 saturated carbocycles. The molecular formula is C26H31N3O3S. The van der Waals surface area contributed by atoms with Crippen molar-refractivity contribution in [3.63, 3.8) is 0 Å². The van der Waals surface area contributed by atoms with E-state index in [0.717, 1.165) is 68.3 Å². The number of benzene rings is 1. The second kappa shape index (κ2) is 9.29. The number of hydrogen-bond donors (Lipinski definition) is 0. The van der Waals surface area contributed by atoms with Gasteiger partial charge in [-0.25, -0.2) is 4.79 Å². The average Bonchev–Trinajstić information content (AvgIpc) is 3.53. The summed E-state index contributed by atoms with van der Waals surface area (Å²) in [5, 5.41) is 1.89. The van der Waals surface area contributed by atoms with Gasteiger partial charge in [0.25, 0.3) is 5.56 Å². The summed E-state index contributed by atoms with van der Waals surface area (Å²) in [4.78, 5) is 41.5. The first kappa shape index (κ1) is 22.1. The van der Waals surface area contributed by atoms with Crippen LogP contribution in [0.4, 0.5) is 0 Å². The number of nitrogens with zero attached hydrogens (tertiary/aromatic N) is 3. The normalized spacial score (nSPS) is 21.1. The Balaban J connectivity index is 1.38. The number of carbonyl (C=O) groups is 1. The molecule has 7 heteroatoms. The molecule has 1 aliphatic carbocycles. The molecule has 2 aliphatic rings. The lowest BCUT2D eigenvalue weighted by molar-refractivity contribution is -0.135. The molecule has 0 radical (unpaired) electrons. The lowest BCUT2D eigenvalue weighted by atomic mass is 9.81. The van der Waals surface area contributed by atoms with Crippen LogP contribution in [0.1, 0.15) is 49.7 Å². The Morgan fingerprint density at radius 1 is 1.00 bits per heavy atom. The molecule has 0 N–H and O–H groups in total. The van der Waals surface area contributed by atoms with Gasteiger partial charge in [-0.1, -0.05) is 24.3 Å². The van der Waals surface area contributed by atoms with Crippen LogP contribution in [0.3, 0.4) is 0 Å². The Kier molecular flexibility index (Phi) is 6.23. The summed E-state index contributed by atoms with van der Waals surface area (Å²) in [6.07, 6.45) is 5.71. The first-order valence-electron chi connectivity index (χ1n) is 12.1. The highest BCUT2D eigenvalue weighted by Gasteiger charge is 2.31. The zero-order valence-corrected chi connectivity index (χ0v) is 20.0. The number of carbonyl (C=O) groups excluding carboxylic acids is 1. The van der Waals surface area contributed by atoms with Crippen molar-refractivity contribution in [3.8, 4) is 0 Å². The number of fused-ring (bicyclic) bond motifs is 1. The van der Waals surface area contributed by atoms with Crippen molar-refractivity contribution < 1.29 is 4.79 Å². The van der Waals surface area contributed by atoms with Crippen molar-refractivity contribution in [1.29, 1.82) is 0 Å². The summed E-state index contributed by atoms with van der Waals surface area (Å²) >= 11 is 1.40. The first-order chi connectivity index (χ1) is 16.0. The standard InChI is InChI=1S/C26H31N3O3S/c1-18-6-2-3-7-21(18)17-28-22-12-15-33-23(22)25(31)29(26(28)32)16-19-8-10-20(11-9-19)24(30)27-13-4-5-14-27/h2-3,6-7,12,15,19-20H,4-5,8-11,13-14,16-17H2,1H3. The minimum absolute atomic E-state index is 0.105. The van der Waals surface area contributed by atoms with Gasteiger partial charge in [0.1, 0.15) is 4.70 Å². The second-order valence-electron chi connectivity index (χ2n) is 9.60. The Morgan fingerprint density at radius 2 is 1.73 bits per heavy atom. The van der Waals surface area contributed by atoms with Gasteiger partial charge in [-0.15, -0.1) is 11.3 Å². The number of amides is 1. The van der Waals surface area contributed by atoms with E-state index in [-0.39, 0.29) is 23.1 Å². The van der Waals surface area contributed by atoms with E-state index >= 15 is 0 Å². The molecule has 33 heavy (non-hydrogen) atoms. The van der Waals surface area contributed by atoms with Gasteiger partial charge >= 0.3 is 5.69 Å². The fourth-order valence-corrected chi connectivity index (χ4v) is 6.29. The Labute approximate surface area is 197 Å². The minimum Gasteiger partial charge on any atom is -0.342 e. The van der Waals surface area contributed by atoms with Crippen molar-refractivity contribution in [1.82, 2.24) is 14.0 Å². The summed E-state index contributed by atoms with van der Waals surface area (Å²) < 4.78 is 3.84. The Morgan fingerprint density at radius 3 is 2.45 bits per heavy atom. The minimum atomic E-state index is -0.232. The molecule has 0 bridgehead atoms. The maximum absolute atomic E-state index is 13.5. The quantitative estimate of drug-likeness (QED) is 0.572. The highest BCUT2D eigenvalue weighted by atomic mass is 32.1. The summed E-state index contributed by atoms with van der Waals surface area (Å²) in [6.45, 7) is 4.73. The van der Waals surface area contributed by atoms with Crippen molar-refractivity contribution in [2.75, 3.05) is 13.1 Å². The smallest absolute Gasteiger partial charge is 0.331 e. The number of likely N-dealkylation sites (tertiary alicyclic amines) is 1. The first-order valence-corrected chi connectivity index (χ1v) is 12.9. The highest BCUT2D eigenvalue weighted by molar-refractivity contribution is 7.17. The molecule has 2 aromatic heterocycles. The predicted molar refractivity (Wildman–Crippen MR) is 132 cm³/mol. The number of rotatable bonds is 5. The number of hydrogen-bond acceptors (Lipinski definition) is 4. The van der Waals surface area contributed by atoms with E-state index in [0.29, 0.717) is 23.7 Å². The summed E-state index contributed by atoms with van der Waals surface area (Å²) in [7, 11) is 0. The van der Waals surface area contributed by atoms with E-state index in [1.54, 1.807) is 4.57 Å². The maximum Gasteiger partial charge on any atom is 0.331 e. The fourth-order valence-electron chi connectivity index (χ4n) is 5.45. The molecule has 1 aromatic carbocycles. The third kappa shape index (κ3) is 4.31. The van der Waals surface area contributed by atoms with Gasteiger partial charge in [0.2, 0.25) is 5.91 Å². The summed E-state index contributed by atoms with van der Waals surface area (Å²) in [6, 6.07) is 9.93. The molecule has 0 spiro atoms. The van der Waals surface area contributed by atoms with E-state index in [9.17, 15) is 14.4 Å². The van der Waals surface area contributed by atoms with Crippen LogP contribution in [-0.4, -0.2) is 33.0 Å². The molecule has 1 aliphatic heterocycles. The molecule has 0 unspecified atom stereocenters. The molecule has 1 amide bonds. The zero-order chi connectivity index (χ0) is 22.9. The lowest BCUT2D eigenvalue weighted by Gasteiger charge is -2.30. The van der Waals surface area contributed by atoms with E-state index in [1.807, 2.05) is 47.5 Å². The summed E-state index contributed by atoms with van der Waals surface area (Å²) in [5.41, 5.74) is 2.52. The van der Waals surface area contributed by atoms with Gasteiger partial charge in [0.05, 0.1) is 12.1 Å². The molecule has 0 atom stereocenters. The van der Waals surface area contributed by atoms with Gasteiger partial charge in [-0.05, 0) is 73.9 Å². The largest absolute Gasteiger partial charge is 0.342 e. The van der Waals surface area contributed by atoms with Gasteiger partial charge < -0.3 is 4.90 Å². The van der Waals surface area contributed by atoms with Crippen LogP contribution in [-0.2, 0) is 17.9 Å². The van der Waals surface area contributed by atoms with Crippen LogP contribution in [0, 0.1) is 18.8 Å². The molecule has 1 saturated heterocycles. The average molecular weight is 466 g/mol. The van der Waals surface area contributed by atoms with Crippen LogP contribution >= 0.6 is 11.3 Å². The SMILES string of the molecule is Cc1ccccc1Cn1c(=O)n(CC2CCC(C(=O)N3CCCC3)CC2)c(=O)c2sccc21. The zero-order valence-electron chi connectivity index (χ0n) is 19.2. The maximum atomic E-state index is 13.5. The molecule has 3 heterocycles. The summed E-state index contributed by atoms with van der Waals surface area (Å²) in [5.74, 6) is 0.666. The van der Waals surface area contributed by atoms with Gasteiger partial charge in [0.15, 0.2) is 0 Å². The van der Waals surface area contributed by atoms with Crippen molar-refractivity contribution in [2.24, 2.45) is 11.8 Å². The molecule has 2 fully saturated rings. The van der Waals surface area contributed by atoms with Crippen LogP contribution in [0.2, 0.25) is 0 Å². The molecule has 5 rings (SSSR count). The van der Waals surface area contributed by atoms with Crippen LogP contribution < -0.4 is 11.2 Å². The van der Waals surface area contributed by atoms with Crippen LogP contribution in [0.25, 0.3) is 10.2 Å². The van der Waals surface area contributed by atoms with Gasteiger partial charge in [-0.3, -0.25) is 18.7 Å². The Hall–Kier alpha value is -2.67. The van der Waals surface area contributed by atoms with Crippen LogP contribution in [0.5, 0.6) is 0 Å². The van der Waals surface area contributed by atoms with E-state index < -0.39 is 0 Å². The van der Waals surface area contributed by atoms with Gasteiger partial charge in [-0.2, -0.15) is 0 Å². The third-order valence-corrected chi connectivity index (χ3v) is 8.37. The van der Waals surface area contributed by atoms with Crippen molar-refractivity contribution in [2.45, 2.75) is 58.5 Å². The number of aryl methyl sites for hydroxylation is 1. The highest BCUT2D eigenvalue weighted by Crippen LogP contribution is 2.31. The Bertz CT molecular complexity index is 1270. The van der Waals surface area contributed by atoms with E-state index in [1.165, 1.54) is 15.9 Å². The van der Waals surface area contributed by atoms with E-state index in [2.05, 4.69) is 0 Å². The number of aromatic nitrogens is 2. The van der Waals surface area contributed by atoms with Crippen molar-refractivity contribution in [3.05, 3.63) is 67.7 Å². The second-order valence-corrected chi connectivity index (χ2v) is 10.5. The van der Waals surface area contributed by atoms with Crippen LogP contribution in [0.15, 0.2) is 45.3 Å².